The summed E-state index contributed by atoms with van der Waals surface area (Å²) >= 11 is 0. The van der Waals surface area contributed by atoms with E-state index in [4.69, 9.17) is 0 Å². The molecule has 2 fully saturated rings. The van der Waals surface area contributed by atoms with Crippen LogP contribution in [-0.4, -0.2) is 44.6 Å². The summed E-state index contributed by atoms with van der Waals surface area (Å²) in [6.07, 6.45) is -1.07. The van der Waals surface area contributed by atoms with Crippen molar-refractivity contribution in [1.29, 1.82) is 0 Å². The maximum Gasteiger partial charge on any atom is 0.293 e. The third-order valence-corrected chi connectivity index (χ3v) is 5.53. The van der Waals surface area contributed by atoms with Crippen LogP contribution in [0.2, 0.25) is 0 Å². The predicted molar refractivity (Wildman–Crippen MR) is 80.9 cm³/mol. The smallest absolute Gasteiger partial charge is 0.293 e. The van der Waals surface area contributed by atoms with Crippen molar-refractivity contribution in [2.45, 2.75) is 24.6 Å². The fourth-order valence-corrected chi connectivity index (χ4v) is 4.04. The number of aromatic nitrogens is 3. The number of nitrogens with zero attached hydrogens (tertiary/aromatic N) is 4. The molecule has 1 saturated heterocycles. The van der Waals surface area contributed by atoms with E-state index in [0.717, 1.165) is 5.56 Å². The largest absolute Gasteiger partial charge is 0.335 e. The highest BCUT2D eigenvalue weighted by Crippen LogP contribution is 2.59. The molecular formula is C17H15F3N4O. The standard InChI is InChI=1S/C17H15F3N4O/c18-12-6-13(9-4-2-1-3-5-9)24-15(12)21-14(22-24)16(25)23-7-10-11(8-23)17(10,19)20/h1-5,10-13H,6-8H2/t10?,11?,12-,13-/m1/s1. The highest BCUT2D eigenvalue weighted by Gasteiger charge is 2.72. The number of rotatable bonds is 2. The molecule has 130 valence electrons. The van der Waals surface area contributed by atoms with Gasteiger partial charge in [0.25, 0.3) is 11.8 Å². The number of amides is 1. The third-order valence-electron chi connectivity index (χ3n) is 5.53. The predicted octanol–water partition coefficient (Wildman–Crippen LogP) is 2.62. The fourth-order valence-electron chi connectivity index (χ4n) is 4.04. The summed E-state index contributed by atoms with van der Waals surface area (Å²) in [5.41, 5.74) is 0.898. The van der Waals surface area contributed by atoms with E-state index in [1.165, 1.54) is 9.58 Å². The summed E-state index contributed by atoms with van der Waals surface area (Å²) in [6, 6.07) is 9.05. The molecule has 3 heterocycles. The summed E-state index contributed by atoms with van der Waals surface area (Å²) in [5.74, 6) is -4.63. The fraction of sp³-hybridized carbons (Fsp3) is 0.471. The number of carbonyl (C=O) groups excluding carboxylic acids is 1. The molecule has 1 saturated carbocycles. The van der Waals surface area contributed by atoms with E-state index in [9.17, 15) is 18.0 Å². The molecule has 2 unspecified atom stereocenters. The van der Waals surface area contributed by atoms with Gasteiger partial charge in [0.15, 0.2) is 12.0 Å². The zero-order valence-electron chi connectivity index (χ0n) is 13.1. The van der Waals surface area contributed by atoms with Crippen molar-refractivity contribution in [1.82, 2.24) is 19.7 Å². The maximum atomic E-state index is 14.3. The Balaban J connectivity index is 1.41. The van der Waals surface area contributed by atoms with E-state index in [1.54, 1.807) is 0 Å². The van der Waals surface area contributed by atoms with Crippen molar-refractivity contribution < 1.29 is 18.0 Å². The Morgan fingerprint density at radius 3 is 2.52 bits per heavy atom. The average molecular weight is 348 g/mol. The minimum atomic E-state index is -2.65. The Hall–Kier alpha value is -2.38. The number of piperidine rings is 1. The van der Waals surface area contributed by atoms with Gasteiger partial charge in [0.2, 0.25) is 5.82 Å². The van der Waals surface area contributed by atoms with Crippen molar-refractivity contribution in [3.8, 4) is 0 Å². The highest BCUT2D eigenvalue weighted by atomic mass is 19.3. The molecule has 1 aromatic carbocycles. The quantitative estimate of drug-likeness (QED) is 0.838. The van der Waals surface area contributed by atoms with Gasteiger partial charge in [-0.15, -0.1) is 5.10 Å². The van der Waals surface area contributed by atoms with E-state index in [-0.39, 0.29) is 37.2 Å². The molecule has 1 aromatic heterocycles. The van der Waals surface area contributed by atoms with Crippen molar-refractivity contribution in [3.05, 3.63) is 47.5 Å². The Kier molecular flexibility index (Phi) is 2.88. The van der Waals surface area contributed by atoms with Gasteiger partial charge in [0.1, 0.15) is 0 Å². The number of hydrogen-bond donors (Lipinski definition) is 0. The van der Waals surface area contributed by atoms with Crippen molar-refractivity contribution >= 4 is 5.91 Å². The van der Waals surface area contributed by atoms with Crippen molar-refractivity contribution in [3.63, 3.8) is 0 Å². The highest BCUT2D eigenvalue weighted by molar-refractivity contribution is 5.91. The number of hydrogen-bond acceptors (Lipinski definition) is 3. The van der Waals surface area contributed by atoms with Gasteiger partial charge in [-0.3, -0.25) is 4.79 Å². The molecule has 3 aliphatic rings. The molecule has 25 heavy (non-hydrogen) atoms. The van der Waals surface area contributed by atoms with Crippen LogP contribution in [0.4, 0.5) is 13.2 Å². The molecule has 1 aliphatic carbocycles. The topological polar surface area (TPSA) is 51.0 Å². The Labute approximate surface area is 141 Å². The van der Waals surface area contributed by atoms with Gasteiger partial charge in [0, 0.05) is 19.5 Å². The van der Waals surface area contributed by atoms with Gasteiger partial charge in [0.05, 0.1) is 17.9 Å². The number of alkyl halides is 3. The zero-order chi connectivity index (χ0) is 17.3. The van der Waals surface area contributed by atoms with E-state index < -0.39 is 29.8 Å². The van der Waals surface area contributed by atoms with Crippen molar-refractivity contribution in [2.24, 2.45) is 11.8 Å². The monoisotopic (exact) mass is 348 g/mol. The zero-order valence-corrected chi connectivity index (χ0v) is 13.1. The first-order chi connectivity index (χ1) is 12.0. The van der Waals surface area contributed by atoms with Gasteiger partial charge >= 0.3 is 0 Å². The molecular weight excluding hydrogens is 333 g/mol. The lowest BCUT2D eigenvalue weighted by Crippen LogP contribution is -2.34. The van der Waals surface area contributed by atoms with Crippen LogP contribution in [-0.2, 0) is 0 Å². The maximum absolute atomic E-state index is 14.3. The van der Waals surface area contributed by atoms with Gasteiger partial charge in [-0.1, -0.05) is 30.3 Å². The Bertz CT molecular complexity index is 839. The van der Waals surface area contributed by atoms with Crippen LogP contribution >= 0.6 is 0 Å². The third kappa shape index (κ3) is 2.06. The molecule has 2 aliphatic heterocycles. The van der Waals surface area contributed by atoms with Crippen LogP contribution in [0.5, 0.6) is 0 Å². The first-order valence-electron chi connectivity index (χ1n) is 8.29. The van der Waals surface area contributed by atoms with E-state index in [0.29, 0.717) is 0 Å². The minimum absolute atomic E-state index is 0.0154. The summed E-state index contributed by atoms with van der Waals surface area (Å²) < 4.78 is 42.3. The first-order valence-corrected chi connectivity index (χ1v) is 8.29. The van der Waals surface area contributed by atoms with Gasteiger partial charge < -0.3 is 4.90 Å². The molecule has 1 amide bonds. The van der Waals surface area contributed by atoms with E-state index in [1.807, 2.05) is 30.3 Å². The van der Waals surface area contributed by atoms with Gasteiger partial charge in [-0.25, -0.2) is 22.8 Å². The second-order valence-corrected chi connectivity index (χ2v) is 6.97. The van der Waals surface area contributed by atoms with Crippen LogP contribution in [0.1, 0.15) is 40.6 Å². The second kappa shape index (κ2) is 4.83. The minimum Gasteiger partial charge on any atom is -0.335 e. The Morgan fingerprint density at radius 1 is 1.16 bits per heavy atom. The Morgan fingerprint density at radius 2 is 1.84 bits per heavy atom. The SMILES string of the molecule is O=C(c1nc2n(n1)[C@@H](c1ccccc1)C[C@H]2F)N1CC2C(C1)C2(F)F. The molecule has 0 N–H and O–H groups in total. The van der Waals surface area contributed by atoms with E-state index in [2.05, 4.69) is 10.1 Å². The number of fused-ring (bicyclic) bond motifs is 2. The van der Waals surface area contributed by atoms with Crippen molar-refractivity contribution in [2.75, 3.05) is 13.1 Å². The normalized spacial score (nSPS) is 31.7. The number of carbonyl (C=O) groups is 1. The lowest BCUT2D eigenvalue weighted by atomic mass is 10.0. The number of likely N-dealkylation sites (tertiary alicyclic amines) is 1. The van der Waals surface area contributed by atoms with Crippen LogP contribution in [0, 0.1) is 11.8 Å². The molecule has 2 aromatic rings. The first kappa shape index (κ1) is 14.9. The molecule has 0 radical (unpaired) electrons. The average Bonchev–Trinajstić information content (AvgIpc) is 3.12. The van der Waals surface area contributed by atoms with Crippen LogP contribution in [0.15, 0.2) is 30.3 Å². The van der Waals surface area contributed by atoms with Crippen LogP contribution in [0.3, 0.4) is 0 Å². The molecule has 5 rings (SSSR count). The lowest BCUT2D eigenvalue weighted by molar-refractivity contribution is 0.0452. The summed E-state index contributed by atoms with van der Waals surface area (Å²) in [5, 5.41) is 4.21. The molecule has 8 heteroatoms. The summed E-state index contributed by atoms with van der Waals surface area (Å²) in [4.78, 5) is 17.9. The van der Waals surface area contributed by atoms with E-state index >= 15 is 0 Å². The van der Waals surface area contributed by atoms with Gasteiger partial charge in [-0.05, 0) is 5.56 Å². The number of benzene rings is 1. The molecule has 4 atom stereocenters. The second-order valence-electron chi connectivity index (χ2n) is 6.97. The number of halogens is 3. The molecule has 0 spiro atoms. The van der Waals surface area contributed by atoms with Crippen LogP contribution < -0.4 is 0 Å². The summed E-state index contributed by atoms with van der Waals surface area (Å²) in [6.45, 7) is 0.0308. The van der Waals surface area contributed by atoms with Gasteiger partial charge in [-0.2, -0.15) is 0 Å². The lowest BCUT2D eigenvalue weighted by Gasteiger charge is -2.18. The molecule has 5 nitrogen and oxygen atoms in total. The van der Waals surface area contributed by atoms with Crippen LogP contribution in [0.25, 0.3) is 0 Å². The molecule has 0 bridgehead atoms. The summed E-state index contributed by atoms with van der Waals surface area (Å²) in [7, 11) is 0.